The Morgan fingerprint density at radius 2 is 2.27 bits per heavy atom. The van der Waals surface area contributed by atoms with Gasteiger partial charge in [0.05, 0.1) is 24.9 Å². The summed E-state index contributed by atoms with van der Waals surface area (Å²) in [6.07, 6.45) is 2.31. The molecular weight excluding hydrogens is 358 g/mol. The lowest BCUT2D eigenvalue weighted by atomic mass is 9.99. The normalized spacial score (nSPS) is 40.9. The van der Waals surface area contributed by atoms with Gasteiger partial charge >= 0.3 is 5.97 Å². The molecule has 8 atom stereocenters. The molecule has 0 radical (unpaired) electrons. The average Bonchev–Trinajstić information content (AvgIpc) is 3.15. The van der Waals surface area contributed by atoms with Gasteiger partial charge in [0, 0.05) is 18.1 Å². The summed E-state index contributed by atoms with van der Waals surface area (Å²) in [5.41, 5.74) is 11.7. The quantitative estimate of drug-likeness (QED) is 0.218. The van der Waals surface area contributed by atoms with Crippen LogP contribution in [0.15, 0.2) is 0 Å². The van der Waals surface area contributed by atoms with E-state index < -0.39 is 18.1 Å². The van der Waals surface area contributed by atoms with E-state index in [1.165, 1.54) is 0 Å². The van der Waals surface area contributed by atoms with E-state index >= 15 is 0 Å². The Hall–Kier alpha value is -0.750. The number of rotatable bonds is 7. The van der Waals surface area contributed by atoms with Gasteiger partial charge in [-0.2, -0.15) is 16.3 Å². The number of thioether (sulfide) groups is 1. The predicted octanol–water partition coefficient (Wildman–Crippen LogP) is -1.89. The first-order valence-corrected chi connectivity index (χ1v) is 10.3. The standard InChI is InChI=1S/C16H29N5O4S/c1-8-11(6-26-5-3-10(17)16(23)24)25-15(12(8)22)21-4-2-9-13(18)19-7-20-14(9)21/h4,8-15,19-20,22H,2-3,5-7,17-18H2,1H3/p+1/t8-,9?,10-,11+,12+,13?,14?,15+/m0/s1. The highest BCUT2D eigenvalue weighted by Crippen LogP contribution is 2.33. The summed E-state index contributed by atoms with van der Waals surface area (Å²) < 4.78 is 8.26. The fraction of sp³-hybridized carbons (Fsp3) is 0.875. The number of ether oxygens (including phenoxy) is 1. The molecule has 2 fully saturated rings. The van der Waals surface area contributed by atoms with Crippen LogP contribution >= 0.6 is 11.8 Å². The van der Waals surface area contributed by atoms with Gasteiger partial charge in [-0.3, -0.25) is 10.1 Å². The molecule has 0 aromatic rings. The van der Waals surface area contributed by atoms with E-state index in [1.807, 2.05) is 6.92 Å². The predicted molar refractivity (Wildman–Crippen MR) is 98.7 cm³/mol. The molecule has 0 bridgehead atoms. The highest BCUT2D eigenvalue weighted by Gasteiger charge is 2.53. The summed E-state index contributed by atoms with van der Waals surface area (Å²) in [5.74, 6) is 0.642. The second-order valence-electron chi connectivity index (χ2n) is 7.31. The minimum Gasteiger partial charge on any atom is -0.480 e. The van der Waals surface area contributed by atoms with E-state index in [0.717, 1.165) is 6.42 Å². The molecule has 3 rings (SSSR count). The molecule has 3 aliphatic rings. The van der Waals surface area contributed by atoms with Gasteiger partial charge in [0.25, 0.3) is 6.23 Å². The Kier molecular flexibility index (Phi) is 6.54. The van der Waals surface area contributed by atoms with E-state index in [1.54, 1.807) is 11.8 Å². The van der Waals surface area contributed by atoms with Crippen molar-refractivity contribution in [3.8, 4) is 0 Å². The SMILES string of the molecule is C[C@@H]1[C@@H](O)[C@H]([N+]2=CCC3C(N)NCNC32)O[C@@H]1CSCC[C@H](N)C(=O)O. The second kappa shape index (κ2) is 8.51. The van der Waals surface area contributed by atoms with Crippen molar-refractivity contribution in [2.45, 2.75) is 56.6 Å². The highest BCUT2D eigenvalue weighted by atomic mass is 32.2. The molecule has 0 aliphatic carbocycles. The number of carboxylic acids is 1. The van der Waals surface area contributed by atoms with Gasteiger partial charge in [-0.1, -0.05) is 6.92 Å². The van der Waals surface area contributed by atoms with Crippen LogP contribution in [-0.2, 0) is 9.53 Å². The van der Waals surface area contributed by atoms with Crippen LogP contribution < -0.4 is 22.1 Å². The van der Waals surface area contributed by atoms with Crippen LogP contribution in [0.2, 0.25) is 0 Å². The van der Waals surface area contributed by atoms with Crippen LogP contribution in [0.4, 0.5) is 0 Å². The van der Waals surface area contributed by atoms with Crippen molar-refractivity contribution in [3.63, 3.8) is 0 Å². The van der Waals surface area contributed by atoms with Crippen molar-refractivity contribution in [1.29, 1.82) is 0 Å². The number of nitrogens with zero attached hydrogens (tertiary/aromatic N) is 1. The zero-order chi connectivity index (χ0) is 18.8. The molecule has 0 aromatic heterocycles. The number of hydrogen-bond acceptors (Lipinski definition) is 8. The number of hydrogen-bond donors (Lipinski definition) is 6. The number of aliphatic carboxylic acids is 1. The average molecular weight is 389 g/mol. The highest BCUT2D eigenvalue weighted by molar-refractivity contribution is 7.99. The number of carboxylic acid groups (broad SMARTS) is 1. The van der Waals surface area contributed by atoms with E-state index in [0.29, 0.717) is 24.6 Å². The lowest BCUT2D eigenvalue weighted by Gasteiger charge is -2.32. The molecule has 3 aliphatic heterocycles. The summed E-state index contributed by atoms with van der Waals surface area (Å²) in [7, 11) is 0. The molecule has 8 N–H and O–H groups in total. The first-order valence-electron chi connectivity index (χ1n) is 9.13. The number of fused-ring (bicyclic) bond motifs is 1. The van der Waals surface area contributed by atoms with Crippen molar-refractivity contribution in [3.05, 3.63) is 0 Å². The fourth-order valence-electron chi connectivity index (χ4n) is 3.84. The summed E-state index contributed by atoms with van der Waals surface area (Å²) in [6.45, 7) is 2.63. The summed E-state index contributed by atoms with van der Waals surface area (Å²) in [6, 6.07) is -0.825. The third kappa shape index (κ3) is 4.06. The van der Waals surface area contributed by atoms with Crippen LogP contribution in [-0.4, -0.2) is 82.0 Å². The number of aliphatic hydroxyl groups is 1. The van der Waals surface area contributed by atoms with Crippen LogP contribution in [0.25, 0.3) is 0 Å². The van der Waals surface area contributed by atoms with Gasteiger partial charge in [0.15, 0.2) is 0 Å². The Bertz CT molecular complexity index is 551. The molecular formula is C16H30N5O4S+. The minimum absolute atomic E-state index is 0.00323. The number of nitrogens with one attached hydrogen (secondary N) is 2. The maximum Gasteiger partial charge on any atom is 0.320 e. The lowest BCUT2D eigenvalue weighted by Crippen LogP contribution is -2.63. The van der Waals surface area contributed by atoms with Crippen LogP contribution in [0.3, 0.4) is 0 Å². The van der Waals surface area contributed by atoms with Gasteiger partial charge in [0.1, 0.15) is 18.4 Å². The fourth-order valence-corrected chi connectivity index (χ4v) is 5.04. The molecule has 148 valence electrons. The molecule has 10 heteroatoms. The Morgan fingerprint density at radius 1 is 1.50 bits per heavy atom. The van der Waals surface area contributed by atoms with Gasteiger partial charge in [0.2, 0.25) is 6.17 Å². The third-order valence-corrected chi connectivity index (χ3v) is 6.71. The lowest BCUT2D eigenvalue weighted by molar-refractivity contribution is -0.649. The Labute approximate surface area is 157 Å². The zero-order valence-corrected chi connectivity index (χ0v) is 15.8. The van der Waals surface area contributed by atoms with Gasteiger partial charge < -0.3 is 26.4 Å². The zero-order valence-electron chi connectivity index (χ0n) is 15.0. The first-order chi connectivity index (χ1) is 12.4. The summed E-state index contributed by atoms with van der Waals surface area (Å²) in [4.78, 5) is 10.8. The van der Waals surface area contributed by atoms with Crippen molar-refractivity contribution in [1.82, 2.24) is 10.6 Å². The molecule has 0 saturated carbocycles. The number of nitrogens with two attached hydrogens (primary N) is 2. The van der Waals surface area contributed by atoms with Crippen LogP contribution in [0, 0.1) is 11.8 Å². The molecule has 3 unspecified atom stereocenters. The monoisotopic (exact) mass is 388 g/mol. The maximum absolute atomic E-state index is 10.8. The smallest absolute Gasteiger partial charge is 0.320 e. The summed E-state index contributed by atoms with van der Waals surface area (Å²) >= 11 is 1.62. The van der Waals surface area contributed by atoms with E-state index in [-0.39, 0.29) is 36.5 Å². The molecule has 0 aromatic carbocycles. The Morgan fingerprint density at radius 3 is 3.00 bits per heavy atom. The van der Waals surface area contributed by atoms with E-state index in [9.17, 15) is 9.90 Å². The van der Waals surface area contributed by atoms with Crippen molar-refractivity contribution >= 4 is 23.9 Å². The molecule has 0 spiro atoms. The van der Waals surface area contributed by atoms with Gasteiger partial charge in [-0.05, 0) is 12.2 Å². The molecule has 3 heterocycles. The van der Waals surface area contributed by atoms with E-state index in [2.05, 4.69) is 21.4 Å². The molecule has 9 nitrogen and oxygen atoms in total. The first kappa shape index (κ1) is 20.0. The number of carbonyl (C=O) groups is 1. The molecule has 2 saturated heterocycles. The van der Waals surface area contributed by atoms with Crippen molar-refractivity contribution in [2.24, 2.45) is 23.3 Å². The van der Waals surface area contributed by atoms with Crippen molar-refractivity contribution in [2.75, 3.05) is 18.2 Å². The topological polar surface area (TPSA) is 146 Å². The molecule has 26 heavy (non-hydrogen) atoms. The van der Waals surface area contributed by atoms with Crippen LogP contribution in [0.5, 0.6) is 0 Å². The van der Waals surface area contributed by atoms with Crippen molar-refractivity contribution < 1.29 is 24.3 Å². The van der Waals surface area contributed by atoms with Gasteiger partial charge in [-0.15, -0.1) is 0 Å². The largest absolute Gasteiger partial charge is 0.480 e. The third-order valence-electron chi connectivity index (χ3n) is 5.62. The molecule has 0 amide bonds. The van der Waals surface area contributed by atoms with Gasteiger partial charge in [-0.25, -0.2) is 5.32 Å². The van der Waals surface area contributed by atoms with E-state index in [4.69, 9.17) is 21.3 Å². The Balaban J connectivity index is 1.52. The number of aliphatic hydroxyl groups excluding tert-OH is 1. The second-order valence-corrected chi connectivity index (χ2v) is 8.46. The summed E-state index contributed by atoms with van der Waals surface area (Å²) in [5, 5.41) is 26.1. The minimum atomic E-state index is -0.974. The van der Waals surface area contributed by atoms with Crippen LogP contribution in [0.1, 0.15) is 19.8 Å². The maximum atomic E-state index is 10.8.